The molecule has 0 bridgehead atoms. The van der Waals surface area contributed by atoms with Crippen LogP contribution in [0.4, 0.5) is 5.69 Å². The lowest BCUT2D eigenvalue weighted by molar-refractivity contribution is -0.0440. The number of benzene rings is 1. The predicted molar refractivity (Wildman–Crippen MR) is 81.1 cm³/mol. The molecule has 1 aliphatic heterocycles. The Balaban J connectivity index is 1.76. The van der Waals surface area contributed by atoms with Gasteiger partial charge in [-0.1, -0.05) is 12.1 Å². The summed E-state index contributed by atoms with van der Waals surface area (Å²) in [7, 11) is 0. The summed E-state index contributed by atoms with van der Waals surface area (Å²) in [6, 6.07) is 9.37. The Morgan fingerprint density at radius 1 is 1.30 bits per heavy atom. The summed E-state index contributed by atoms with van der Waals surface area (Å²) in [5.74, 6) is -0.128. The molecule has 0 aliphatic carbocycles. The zero-order valence-corrected chi connectivity index (χ0v) is 12.9. The summed E-state index contributed by atoms with van der Waals surface area (Å²) < 4.78 is 11.7. The van der Waals surface area contributed by atoms with Crippen LogP contribution in [0.5, 0.6) is 0 Å². The first-order chi connectivity index (χ1) is 9.74. The molecule has 4 nitrogen and oxygen atoms in total. The van der Waals surface area contributed by atoms with Crippen LogP contribution < -0.4 is 5.32 Å². The van der Waals surface area contributed by atoms with Crippen LogP contribution in [0.25, 0.3) is 0 Å². The third-order valence-electron chi connectivity index (χ3n) is 2.86. The predicted octanol–water partition coefficient (Wildman–Crippen LogP) is 3.81. The van der Waals surface area contributed by atoms with Crippen LogP contribution in [0.1, 0.15) is 21.5 Å². The van der Waals surface area contributed by atoms with Gasteiger partial charge in [-0.05, 0) is 39.5 Å². The third kappa shape index (κ3) is 2.93. The van der Waals surface area contributed by atoms with Crippen LogP contribution in [0.2, 0.25) is 0 Å². The zero-order chi connectivity index (χ0) is 13.9. The Morgan fingerprint density at radius 2 is 2.10 bits per heavy atom. The highest BCUT2D eigenvalue weighted by molar-refractivity contribution is 9.10. The van der Waals surface area contributed by atoms with Gasteiger partial charge in [-0.3, -0.25) is 4.79 Å². The number of carbonyl (C=O) groups is 1. The van der Waals surface area contributed by atoms with Crippen LogP contribution in [-0.2, 0) is 9.47 Å². The molecule has 0 atom stereocenters. The van der Waals surface area contributed by atoms with E-state index in [-0.39, 0.29) is 12.2 Å². The Bertz CT molecular complexity index is 622. The molecule has 1 fully saturated rings. The van der Waals surface area contributed by atoms with E-state index in [1.54, 1.807) is 0 Å². The molecule has 1 saturated heterocycles. The molecule has 0 unspecified atom stereocenters. The van der Waals surface area contributed by atoms with Gasteiger partial charge in [0, 0.05) is 15.7 Å². The number of amides is 1. The molecule has 6 heteroatoms. The smallest absolute Gasteiger partial charge is 0.266 e. The number of thiophene rings is 1. The highest BCUT2D eigenvalue weighted by Gasteiger charge is 2.19. The number of nitrogens with one attached hydrogen (secondary N) is 1. The lowest BCUT2D eigenvalue weighted by Gasteiger charge is -2.11. The van der Waals surface area contributed by atoms with Gasteiger partial charge >= 0.3 is 0 Å². The van der Waals surface area contributed by atoms with Gasteiger partial charge in [0.25, 0.3) is 5.91 Å². The van der Waals surface area contributed by atoms with Crippen molar-refractivity contribution in [1.82, 2.24) is 0 Å². The van der Waals surface area contributed by atoms with E-state index < -0.39 is 0 Å². The molecule has 1 aliphatic rings. The molecule has 3 rings (SSSR count). The average Bonchev–Trinajstić information content (AvgIpc) is 3.09. The number of anilines is 1. The Labute approximate surface area is 128 Å². The minimum atomic E-state index is -0.333. The first-order valence-electron chi connectivity index (χ1n) is 6.11. The molecule has 1 aromatic heterocycles. The van der Waals surface area contributed by atoms with Crippen molar-refractivity contribution >= 4 is 38.9 Å². The second-order valence-electron chi connectivity index (χ2n) is 4.25. The SMILES string of the molecule is O=C(Nc1cccc(C2OCCO2)c1)c1sccc1Br. The Morgan fingerprint density at radius 3 is 2.80 bits per heavy atom. The van der Waals surface area contributed by atoms with Crippen molar-refractivity contribution in [3.63, 3.8) is 0 Å². The van der Waals surface area contributed by atoms with Crippen LogP contribution >= 0.6 is 27.3 Å². The number of rotatable bonds is 3. The number of hydrogen-bond acceptors (Lipinski definition) is 4. The highest BCUT2D eigenvalue weighted by atomic mass is 79.9. The van der Waals surface area contributed by atoms with Gasteiger partial charge in [-0.15, -0.1) is 11.3 Å². The molecule has 0 radical (unpaired) electrons. The van der Waals surface area contributed by atoms with Crippen molar-refractivity contribution in [2.45, 2.75) is 6.29 Å². The van der Waals surface area contributed by atoms with Crippen LogP contribution in [-0.4, -0.2) is 19.1 Å². The van der Waals surface area contributed by atoms with E-state index in [9.17, 15) is 4.79 Å². The third-order valence-corrected chi connectivity index (χ3v) is 4.70. The maximum absolute atomic E-state index is 12.1. The summed E-state index contributed by atoms with van der Waals surface area (Å²) in [5.41, 5.74) is 1.64. The van der Waals surface area contributed by atoms with Crippen molar-refractivity contribution < 1.29 is 14.3 Å². The van der Waals surface area contributed by atoms with Gasteiger partial charge in [0.1, 0.15) is 4.88 Å². The molecular weight excluding hydrogens is 342 g/mol. The number of carbonyl (C=O) groups excluding carboxylic acids is 1. The average molecular weight is 354 g/mol. The van der Waals surface area contributed by atoms with Gasteiger partial charge in [0.2, 0.25) is 0 Å². The van der Waals surface area contributed by atoms with E-state index in [1.165, 1.54) is 11.3 Å². The van der Waals surface area contributed by atoms with E-state index in [2.05, 4.69) is 21.2 Å². The van der Waals surface area contributed by atoms with Crippen molar-refractivity contribution in [2.24, 2.45) is 0 Å². The topological polar surface area (TPSA) is 47.6 Å². The maximum atomic E-state index is 12.1. The first kappa shape index (κ1) is 13.8. The molecule has 1 amide bonds. The summed E-state index contributed by atoms with van der Waals surface area (Å²) in [5, 5.41) is 4.75. The largest absolute Gasteiger partial charge is 0.346 e. The number of halogens is 1. The number of ether oxygens (including phenoxy) is 2. The number of hydrogen-bond donors (Lipinski definition) is 1. The normalized spacial score (nSPS) is 15.4. The van der Waals surface area contributed by atoms with Crippen LogP contribution in [0, 0.1) is 0 Å². The molecule has 0 spiro atoms. The molecule has 1 N–H and O–H groups in total. The first-order valence-corrected chi connectivity index (χ1v) is 7.79. The van der Waals surface area contributed by atoms with E-state index in [1.807, 2.05) is 35.7 Å². The van der Waals surface area contributed by atoms with Gasteiger partial charge in [0.05, 0.1) is 13.2 Å². The van der Waals surface area contributed by atoms with Crippen molar-refractivity contribution in [2.75, 3.05) is 18.5 Å². The summed E-state index contributed by atoms with van der Waals surface area (Å²) >= 11 is 4.76. The molecular formula is C14H12BrNO3S. The van der Waals surface area contributed by atoms with Gasteiger partial charge in [-0.2, -0.15) is 0 Å². The van der Waals surface area contributed by atoms with Gasteiger partial charge in [-0.25, -0.2) is 0 Å². The molecule has 2 aromatic rings. The lowest BCUT2D eigenvalue weighted by atomic mass is 10.2. The van der Waals surface area contributed by atoms with Crippen LogP contribution in [0.15, 0.2) is 40.2 Å². The van der Waals surface area contributed by atoms with Crippen molar-refractivity contribution in [3.8, 4) is 0 Å². The molecule has 2 heterocycles. The summed E-state index contributed by atoms with van der Waals surface area (Å²) in [6.07, 6.45) is -0.333. The lowest BCUT2D eigenvalue weighted by Crippen LogP contribution is -2.11. The maximum Gasteiger partial charge on any atom is 0.266 e. The fourth-order valence-electron chi connectivity index (χ4n) is 1.96. The minimum absolute atomic E-state index is 0.128. The molecule has 1 aromatic carbocycles. The van der Waals surface area contributed by atoms with E-state index in [0.717, 1.165) is 15.7 Å². The van der Waals surface area contributed by atoms with E-state index in [0.29, 0.717) is 18.1 Å². The van der Waals surface area contributed by atoms with Crippen molar-refractivity contribution in [3.05, 3.63) is 50.6 Å². The summed E-state index contributed by atoms with van der Waals surface area (Å²) in [6.45, 7) is 1.20. The van der Waals surface area contributed by atoms with Crippen LogP contribution in [0.3, 0.4) is 0 Å². The second-order valence-corrected chi connectivity index (χ2v) is 6.02. The zero-order valence-electron chi connectivity index (χ0n) is 10.5. The van der Waals surface area contributed by atoms with Crippen molar-refractivity contribution in [1.29, 1.82) is 0 Å². The minimum Gasteiger partial charge on any atom is -0.346 e. The van der Waals surface area contributed by atoms with E-state index in [4.69, 9.17) is 9.47 Å². The molecule has 0 saturated carbocycles. The van der Waals surface area contributed by atoms with E-state index >= 15 is 0 Å². The fraction of sp³-hybridized carbons (Fsp3) is 0.214. The van der Waals surface area contributed by atoms with Gasteiger partial charge < -0.3 is 14.8 Å². The standard InChI is InChI=1S/C14H12BrNO3S/c15-11-4-7-20-12(11)13(17)16-10-3-1-2-9(8-10)14-18-5-6-19-14/h1-4,7-8,14H,5-6H2,(H,16,17). The molecule has 104 valence electrons. The Hall–Kier alpha value is -1.21. The Kier molecular flexibility index (Phi) is 4.16. The fourth-order valence-corrected chi connectivity index (χ4v) is 3.40. The highest BCUT2D eigenvalue weighted by Crippen LogP contribution is 2.27. The monoisotopic (exact) mass is 353 g/mol. The molecule has 20 heavy (non-hydrogen) atoms. The quantitative estimate of drug-likeness (QED) is 0.912. The summed E-state index contributed by atoms with van der Waals surface area (Å²) in [4.78, 5) is 12.8. The second kappa shape index (κ2) is 6.05. The van der Waals surface area contributed by atoms with Gasteiger partial charge in [0.15, 0.2) is 6.29 Å².